The molecule has 23 heavy (non-hydrogen) atoms. The molecule has 0 fully saturated rings. The highest BCUT2D eigenvalue weighted by Gasteiger charge is 2.16. The Hall–Kier alpha value is -2.95. The van der Waals surface area contributed by atoms with E-state index in [0.717, 1.165) is 5.56 Å². The summed E-state index contributed by atoms with van der Waals surface area (Å²) in [7, 11) is 0. The zero-order valence-electron chi connectivity index (χ0n) is 12.9. The van der Waals surface area contributed by atoms with E-state index in [1.54, 1.807) is 24.3 Å². The highest BCUT2D eigenvalue weighted by atomic mass is 16.5. The van der Waals surface area contributed by atoms with Crippen LogP contribution in [0.1, 0.15) is 36.1 Å². The summed E-state index contributed by atoms with van der Waals surface area (Å²) in [5.41, 5.74) is 1.51. The largest absolute Gasteiger partial charge is 0.483 e. The second-order valence-electron chi connectivity index (χ2n) is 5.16. The van der Waals surface area contributed by atoms with Crippen LogP contribution in [-0.4, -0.2) is 15.9 Å². The van der Waals surface area contributed by atoms with Crippen LogP contribution < -0.4 is 4.74 Å². The van der Waals surface area contributed by atoms with Crippen molar-refractivity contribution in [3.05, 3.63) is 66.0 Å². The molecule has 3 aromatic rings. The van der Waals surface area contributed by atoms with Gasteiger partial charge in [0.05, 0.1) is 0 Å². The number of hydrogen-bond donors (Lipinski definition) is 0. The Morgan fingerprint density at radius 2 is 1.78 bits per heavy atom. The Bertz CT molecular complexity index is 795. The molecule has 1 heterocycles. The van der Waals surface area contributed by atoms with E-state index in [1.165, 1.54) is 6.92 Å². The van der Waals surface area contributed by atoms with Crippen LogP contribution in [0.5, 0.6) is 5.75 Å². The maximum atomic E-state index is 11.3. The van der Waals surface area contributed by atoms with E-state index in [-0.39, 0.29) is 11.9 Å². The molecule has 5 heteroatoms. The number of aromatic nitrogens is 2. The van der Waals surface area contributed by atoms with Crippen LogP contribution in [0.15, 0.2) is 59.1 Å². The number of Topliss-reactive ketones (excluding diaryl/α,β-unsaturated/α-hetero) is 1. The first kappa shape index (κ1) is 15.0. The third-order valence-electron chi connectivity index (χ3n) is 3.40. The van der Waals surface area contributed by atoms with Crippen LogP contribution in [0.25, 0.3) is 11.5 Å². The van der Waals surface area contributed by atoms with Gasteiger partial charge in [0.15, 0.2) is 11.9 Å². The summed E-state index contributed by atoms with van der Waals surface area (Å²) >= 11 is 0. The number of rotatable bonds is 5. The monoisotopic (exact) mass is 308 g/mol. The fourth-order valence-electron chi connectivity index (χ4n) is 2.12. The normalized spacial score (nSPS) is 11.9. The molecule has 0 amide bonds. The van der Waals surface area contributed by atoms with Crippen LogP contribution in [0.4, 0.5) is 0 Å². The fourth-order valence-corrected chi connectivity index (χ4v) is 2.12. The van der Waals surface area contributed by atoms with Crippen molar-refractivity contribution in [1.82, 2.24) is 10.1 Å². The van der Waals surface area contributed by atoms with Crippen molar-refractivity contribution < 1.29 is 14.1 Å². The van der Waals surface area contributed by atoms with E-state index in [0.29, 0.717) is 23.0 Å². The summed E-state index contributed by atoms with van der Waals surface area (Å²) in [6.07, 6.45) is -0.362. The molecule has 1 atom stereocenters. The van der Waals surface area contributed by atoms with E-state index in [1.807, 2.05) is 37.3 Å². The second-order valence-corrected chi connectivity index (χ2v) is 5.16. The van der Waals surface area contributed by atoms with Gasteiger partial charge < -0.3 is 9.26 Å². The minimum Gasteiger partial charge on any atom is -0.483 e. The molecule has 5 nitrogen and oxygen atoms in total. The molecule has 0 unspecified atom stereocenters. The van der Waals surface area contributed by atoms with Crippen LogP contribution in [-0.2, 0) is 0 Å². The summed E-state index contributed by atoms with van der Waals surface area (Å²) in [6, 6.07) is 16.5. The first-order valence-corrected chi connectivity index (χ1v) is 7.30. The highest BCUT2D eigenvalue weighted by Crippen LogP contribution is 2.23. The lowest BCUT2D eigenvalue weighted by Crippen LogP contribution is -2.05. The molecule has 0 bridgehead atoms. The van der Waals surface area contributed by atoms with Gasteiger partial charge in [-0.2, -0.15) is 4.98 Å². The molecule has 3 rings (SSSR count). The molecule has 2 aromatic carbocycles. The van der Waals surface area contributed by atoms with Crippen LogP contribution in [0, 0.1) is 0 Å². The topological polar surface area (TPSA) is 65.2 Å². The lowest BCUT2D eigenvalue weighted by atomic mass is 10.1. The third kappa shape index (κ3) is 3.45. The Morgan fingerprint density at radius 3 is 2.43 bits per heavy atom. The van der Waals surface area contributed by atoms with E-state index in [9.17, 15) is 4.79 Å². The van der Waals surface area contributed by atoms with Gasteiger partial charge >= 0.3 is 0 Å². The minimum absolute atomic E-state index is 0.0234. The average molecular weight is 308 g/mol. The summed E-state index contributed by atoms with van der Waals surface area (Å²) in [5.74, 6) is 1.60. The predicted octanol–water partition coefficient (Wildman–Crippen LogP) is 4.08. The summed E-state index contributed by atoms with van der Waals surface area (Å²) in [6.45, 7) is 3.38. The van der Waals surface area contributed by atoms with Crippen LogP contribution in [0.2, 0.25) is 0 Å². The van der Waals surface area contributed by atoms with Crippen molar-refractivity contribution >= 4 is 5.78 Å². The van der Waals surface area contributed by atoms with E-state index in [4.69, 9.17) is 9.26 Å². The van der Waals surface area contributed by atoms with Gasteiger partial charge in [0, 0.05) is 11.1 Å². The molecule has 0 aliphatic heterocycles. The van der Waals surface area contributed by atoms with Gasteiger partial charge in [0.2, 0.25) is 5.82 Å². The minimum atomic E-state index is -0.362. The quantitative estimate of drug-likeness (QED) is 0.664. The number of carbonyl (C=O) groups is 1. The van der Waals surface area contributed by atoms with Gasteiger partial charge in [0.25, 0.3) is 5.89 Å². The zero-order valence-corrected chi connectivity index (χ0v) is 12.9. The van der Waals surface area contributed by atoms with E-state index >= 15 is 0 Å². The average Bonchev–Trinajstić information content (AvgIpc) is 3.06. The van der Waals surface area contributed by atoms with Crippen molar-refractivity contribution in [3.63, 3.8) is 0 Å². The molecule has 116 valence electrons. The van der Waals surface area contributed by atoms with Crippen LogP contribution >= 0.6 is 0 Å². The molecule has 0 saturated heterocycles. The smallest absolute Gasteiger partial charge is 0.258 e. The Balaban J connectivity index is 1.72. The molecule has 0 N–H and O–H groups in total. The Morgan fingerprint density at radius 1 is 1.09 bits per heavy atom. The molecule has 0 aliphatic carbocycles. The van der Waals surface area contributed by atoms with Gasteiger partial charge in [-0.1, -0.05) is 23.4 Å². The summed E-state index contributed by atoms with van der Waals surface area (Å²) < 4.78 is 11.1. The SMILES string of the molecule is CC(=O)c1ccc(O[C@@H](C)c2noc(-c3ccccc3)n2)cc1. The maximum absolute atomic E-state index is 11.3. The van der Waals surface area contributed by atoms with Crippen molar-refractivity contribution in [1.29, 1.82) is 0 Å². The molecule has 0 saturated carbocycles. The summed E-state index contributed by atoms with van der Waals surface area (Å²) in [4.78, 5) is 15.6. The maximum Gasteiger partial charge on any atom is 0.258 e. The van der Waals surface area contributed by atoms with Gasteiger partial charge in [-0.15, -0.1) is 0 Å². The highest BCUT2D eigenvalue weighted by molar-refractivity contribution is 5.94. The van der Waals surface area contributed by atoms with Gasteiger partial charge in [0.1, 0.15) is 5.75 Å². The van der Waals surface area contributed by atoms with Crippen molar-refractivity contribution in [2.75, 3.05) is 0 Å². The Labute approximate surface area is 133 Å². The molecule has 0 aliphatic rings. The number of ether oxygens (including phenoxy) is 1. The zero-order chi connectivity index (χ0) is 16.2. The molecule has 0 radical (unpaired) electrons. The summed E-state index contributed by atoms with van der Waals surface area (Å²) in [5, 5.41) is 3.97. The first-order valence-electron chi connectivity index (χ1n) is 7.30. The molecule has 1 aromatic heterocycles. The number of carbonyl (C=O) groups excluding carboxylic acids is 1. The Kier molecular flexibility index (Phi) is 4.19. The number of ketones is 1. The van der Waals surface area contributed by atoms with Crippen molar-refractivity contribution in [2.45, 2.75) is 20.0 Å². The first-order chi connectivity index (χ1) is 11.1. The lowest BCUT2D eigenvalue weighted by molar-refractivity contribution is 0.101. The van der Waals surface area contributed by atoms with Crippen molar-refractivity contribution in [2.24, 2.45) is 0 Å². The number of hydrogen-bond acceptors (Lipinski definition) is 5. The third-order valence-corrected chi connectivity index (χ3v) is 3.40. The van der Waals surface area contributed by atoms with E-state index < -0.39 is 0 Å². The van der Waals surface area contributed by atoms with E-state index in [2.05, 4.69) is 10.1 Å². The standard InChI is InChI=1S/C18H16N2O3/c1-12(21)14-8-10-16(11-9-14)22-13(2)17-19-18(23-20-17)15-6-4-3-5-7-15/h3-11,13H,1-2H3/t13-/m0/s1. The van der Waals surface area contributed by atoms with Gasteiger partial charge in [-0.3, -0.25) is 4.79 Å². The second kappa shape index (κ2) is 6.44. The van der Waals surface area contributed by atoms with Crippen LogP contribution in [0.3, 0.4) is 0 Å². The molecule has 0 spiro atoms. The molecular formula is C18H16N2O3. The van der Waals surface area contributed by atoms with Gasteiger partial charge in [-0.25, -0.2) is 0 Å². The molecular weight excluding hydrogens is 292 g/mol. The predicted molar refractivity (Wildman–Crippen MR) is 85.2 cm³/mol. The lowest BCUT2D eigenvalue weighted by Gasteiger charge is -2.11. The fraction of sp³-hybridized carbons (Fsp3) is 0.167. The number of benzene rings is 2. The van der Waals surface area contributed by atoms with Crippen molar-refractivity contribution in [3.8, 4) is 17.2 Å². The van der Waals surface area contributed by atoms with Gasteiger partial charge in [-0.05, 0) is 50.2 Å². The number of nitrogens with zero attached hydrogens (tertiary/aromatic N) is 2.